The summed E-state index contributed by atoms with van der Waals surface area (Å²) in [6.07, 6.45) is -0.577. The van der Waals surface area contributed by atoms with Crippen LogP contribution in [0.4, 0.5) is 14.9 Å². The van der Waals surface area contributed by atoms with Gasteiger partial charge in [0.15, 0.2) is 8.32 Å². The van der Waals surface area contributed by atoms with Crippen LogP contribution in [0.25, 0.3) is 0 Å². The van der Waals surface area contributed by atoms with E-state index in [4.69, 9.17) is 13.9 Å². The Balaban J connectivity index is 1.38. The molecule has 0 spiro atoms. The highest BCUT2D eigenvalue weighted by Crippen LogP contribution is 2.37. The Hall–Kier alpha value is -3.14. The Bertz CT molecular complexity index is 1510. The number of ether oxygens (including phenoxy) is 2. The lowest BCUT2D eigenvalue weighted by Crippen LogP contribution is -2.65. The van der Waals surface area contributed by atoms with E-state index in [0.29, 0.717) is 62.8 Å². The molecule has 4 heterocycles. The number of piperazine rings is 1. The largest absolute Gasteiger partial charge is 0.474 e. The van der Waals surface area contributed by atoms with Crippen molar-refractivity contribution in [3.05, 3.63) is 53.0 Å². The van der Waals surface area contributed by atoms with Gasteiger partial charge in [-0.1, -0.05) is 32.9 Å². The number of nitrogens with zero attached hydrogens (tertiary/aromatic N) is 5. The van der Waals surface area contributed by atoms with E-state index < -0.39 is 14.4 Å². The van der Waals surface area contributed by atoms with Gasteiger partial charge in [0.25, 0.3) is 0 Å². The number of halogens is 1. The molecular formula is C36H54FN5O7Si. The molecule has 2 amide bonds. The van der Waals surface area contributed by atoms with Crippen LogP contribution in [-0.4, -0.2) is 134 Å². The van der Waals surface area contributed by atoms with Crippen LogP contribution in [0.2, 0.25) is 18.1 Å². The van der Waals surface area contributed by atoms with Crippen molar-refractivity contribution in [1.82, 2.24) is 19.7 Å². The first-order valence-corrected chi connectivity index (χ1v) is 20.5. The van der Waals surface area contributed by atoms with Gasteiger partial charge in [-0.2, -0.15) is 0 Å². The van der Waals surface area contributed by atoms with Crippen molar-refractivity contribution < 1.29 is 38.1 Å². The minimum Gasteiger partial charge on any atom is -0.474 e. The van der Waals surface area contributed by atoms with Crippen molar-refractivity contribution in [3.8, 4) is 5.88 Å². The molecule has 3 aliphatic heterocycles. The van der Waals surface area contributed by atoms with E-state index in [0.717, 1.165) is 5.56 Å². The van der Waals surface area contributed by atoms with Crippen molar-refractivity contribution in [2.75, 3.05) is 64.1 Å². The number of hydrogen-bond donors (Lipinski definition) is 2. The summed E-state index contributed by atoms with van der Waals surface area (Å²) in [6, 6.07) is 7.19. The van der Waals surface area contributed by atoms with Crippen LogP contribution < -0.4 is 9.64 Å². The summed E-state index contributed by atoms with van der Waals surface area (Å²) in [6.45, 7) is 18.5. The Morgan fingerprint density at radius 1 is 1.06 bits per heavy atom. The van der Waals surface area contributed by atoms with Gasteiger partial charge in [0.1, 0.15) is 18.1 Å². The average molecular weight is 716 g/mol. The number of fused-ring (bicyclic) bond motifs is 1. The van der Waals surface area contributed by atoms with Gasteiger partial charge in [0.05, 0.1) is 50.7 Å². The quantitative estimate of drug-likeness (QED) is 0.346. The third-order valence-electron chi connectivity index (χ3n) is 10.8. The number of carboxylic acid groups (broad SMARTS) is 1. The molecule has 14 heteroatoms. The molecule has 1 aromatic carbocycles. The molecule has 2 fully saturated rings. The fraction of sp³-hybridized carbons (Fsp3) is 0.639. The summed E-state index contributed by atoms with van der Waals surface area (Å²) in [7, 11) is -2.00. The first kappa shape index (κ1) is 38.1. The number of rotatable bonds is 10. The number of benzene rings is 1. The molecular weight excluding hydrogens is 662 g/mol. The van der Waals surface area contributed by atoms with Gasteiger partial charge in [-0.05, 0) is 67.7 Å². The van der Waals surface area contributed by atoms with Crippen LogP contribution in [-0.2, 0) is 27.0 Å². The molecule has 2 N–H and O–H groups in total. The first-order chi connectivity index (χ1) is 23.6. The lowest BCUT2D eigenvalue weighted by Gasteiger charge is -2.48. The fourth-order valence-corrected chi connectivity index (χ4v) is 7.75. The van der Waals surface area contributed by atoms with Crippen LogP contribution in [0.1, 0.15) is 51.4 Å². The minimum atomic E-state index is -2.00. The van der Waals surface area contributed by atoms with Gasteiger partial charge in [-0.3, -0.25) is 14.6 Å². The maximum atomic E-state index is 14.4. The number of carbonyl (C=O) groups excluding carboxylic acids is 1. The number of morpholine rings is 1. The predicted molar refractivity (Wildman–Crippen MR) is 191 cm³/mol. The number of hydrogen-bond acceptors (Lipinski definition) is 9. The van der Waals surface area contributed by atoms with E-state index in [1.54, 1.807) is 17.0 Å². The van der Waals surface area contributed by atoms with Crippen molar-refractivity contribution in [3.63, 3.8) is 0 Å². The number of aromatic nitrogens is 1. The van der Waals surface area contributed by atoms with Gasteiger partial charge >= 0.3 is 6.09 Å². The highest BCUT2D eigenvalue weighted by atomic mass is 28.4. The summed E-state index contributed by atoms with van der Waals surface area (Å²) >= 11 is 0. The van der Waals surface area contributed by atoms with Gasteiger partial charge in [-0.15, -0.1) is 0 Å². The highest BCUT2D eigenvalue weighted by molar-refractivity contribution is 6.74. The van der Waals surface area contributed by atoms with Gasteiger partial charge in [-0.25, -0.2) is 14.2 Å². The molecule has 0 radical (unpaired) electrons. The van der Waals surface area contributed by atoms with E-state index >= 15 is 0 Å². The second kappa shape index (κ2) is 15.6. The van der Waals surface area contributed by atoms with Gasteiger partial charge in [0.2, 0.25) is 11.8 Å². The smallest absolute Gasteiger partial charge is 0.407 e. The topological polar surface area (TPSA) is 128 Å². The maximum Gasteiger partial charge on any atom is 0.407 e. The van der Waals surface area contributed by atoms with Crippen LogP contribution in [0.3, 0.4) is 0 Å². The second-order valence-electron chi connectivity index (χ2n) is 15.5. The molecule has 1 aromatic heterocycles. The Kier molecular flexibility index (Phi) is 11.9. The van der Waals surface area contributed by atoms with E-state index in [1.165, 1.54) is 17.0 Å². The lowest BCUT2D eigenvalue weighted by molar-refractivity contribution is -0.122. The summed E-state index contributed by atoms with van der Waals surface area (Å²) < 4.78 is 32.0. The van der Waals surface area contributed by atoms with Crippen LogP contribution >= 0.6 is 0 Å². The molecule has 2 aromatic rings. The Morgan fingerprint density at radius 2 is 1.78 bits per heavy atom. The molecule has 50 heavy (non-hydrogen) atoms. The molecule has 2 unspecified atom stereocenters. The number of anilines is 1. The second-order valence-corrected chi connectivity index (χ2v) is 20.3. The zero-order valence-corrected chi connectivity index (χ0v) is 31.5. The first-order valence-electron chi connectivity index (χ1n) is 17.6. The van der Waals surface area contributed by atoms with Crippen molar-refractivity contribution in [2.24, 2.45) is 0 Å². The third-order valence-corrected chi connectivity index (χ3v) is 15.3. The molecule has 5 rings (SSSR count). The molecule has 0 aliphatic carbocycles. The third kappa shape index (κ3) is 8.65. The number of carbonyl (C=O) groups is 2. The zero-order chi connectivity index (χ0) is 36.4. The number of pyridine rings is 1. The normalized spacial score (nSPS) is 23.8. The molecule has 276 valence electrons. The summed E-state index contributed by atoms with van der Waals surface area (Å²) in [5.41, 5.74) is 2.52. The van der Waals surface area contributed by atoms with Gasteiger partial charge < -0.3 is 33.9 Å². The Labute approximate surface area is 296 Å². The zero-order valence-electron chi connectivity index (χ0n) is 30.5. The van der Waals surface area contributed by atoms with E-state index in [-0.39, 0.29) is 73.1 Å². The molecule has 12 nitrogen and oxygen atoms in total. The summed E-state index contributed by atoms with van der Waals surface area (Å²) in [5.74, 6) is -0.199. The van der Waals surface area contributed by atoms with Gasteiger partial charge in [0, 0.05) is 38.3 Å². The van der Waals surface area contributed by atoms with Crippen LogP contribution in [0.5, 0.6) is 5.88 Å². The maximum absolute atomic E-state index is 14.4. The molecule has 0 saturated carbocycles. The standard InChI is InChI=1S/C36H54FN5O7Si/c1-24-16-40(29(18-41(24)35(45)46)17-39-12-13-47-22-30(39)23-49-50(6,7)36(3,4)5)19-33(44)42-25(2)21-48-34-32(42)15-27(31(20-43)38-34)14-26-8-10-28(37)11-9-26/h8-11,15,24-25,29-30,43H,12-14,16-23H2,1-7H3,(H,45,46)/t24-,25?,29+,30?/m1/s1. The highest BCUT2D eigenvalue weighted by Gasteiger charge is 2.41. The number of aliphatic hydroxyl groups is 1. The minimum absolute atomic E-state index is 0.0190. The molecule has 3 aliphatic rings. The van der Waals surface area contributed by atoms with Crippen LogP contribution in [0, 0.1) is 5.82 Å². The van der Waals surface area contributed by atoms with E-state index in [1.807, 2.05) is 19.9 Å². The van der Waals surface area contributed by atoms with Crippen molar-refractivity contribution in [2.45, 2.75) is 89.9 Å². The summed E-state index contributed by atoms with van der Waals surface area (Å²) in [4.78, 5) is 38.9. The average Bonchev–Trinajstić information content (AvgIpc) is 3.05. The van der Waals surface area contributed by atoms with E-state index in [2.05, 4.69) is 48.6 Å². The predicted octanol–water partition coefficient (Wildman–Crippen LogP) is 4.19. The Morgan fingerprint density at radius 3 is 2.44 bits per heavy atom. The molecule has 4 atom stereocenters. The monoisotopic (exact) mass is 715 g/mol. The van der Waals surface area contributed by atoms with Crippen LogP contribution in [0.15, 0.2) is 30.3 Å². The SMILES string of the molecule is CC1COc2nc(CO)c(Cc3ccc(F)cc3)cc2N1C(=O)CN1C[C@@H](C)N(C(=O)O)C[C@@H]1CN1CCOCC1CO[Si](C)(C)C(C)(C)C. The number of amides is 2. The summed E-state index contributed by atoms with van der Waals surface area (Å²) in [5, 5.41) is 20.3. The number of aliphatic hydroxyl groups excluding tert-OH is 1. The fourth-order valence-electron chi connectivity index (χ4n) is 6.71. The van der Waals surface area contributed by atoms with E-state index in [9.17, 15) is 24.2 Å². The van der Waals surface area contributed by atoms with Crippen molar-refractivity contribution >= 4 is 26.0 Å². The molecule has 0 bridgehead atoms. The van der Waals surface area contributed by atoms with Crippen molar-refractivity contribution in [1.29, 1.82) is 0 Å². The molecule has 2 saturated heterocycles. The lowest BCUT2D eigenvalue weighted by atomic mass is 10.0.